The molecule has 2 saturated heterocycles. The van der Waals surface area contributed by atoms with E-state index in [-0.39, 0.29) is 17.2 Å². The number of aromatic hydroxyl groups is 1. The van der Waals surface area contributed by atoms with Crippen LogP contribution in [-0.4, -0.2) is 66.1 Å². The van der Waals surface area contributed by atoms with Crippen LogP contribution in [0.15, 0.2) is 18.2 Å². The second kappa shape index (κ2) is 5.38. The molecular formula is C14H18FN3O2. The van der Waals surface area contributed by atoms with Crippen LogP contribution in [0.2, 0.25) is 0 Å². The number of amides is 1. The Bertz CT molecular complexity index is 511. The van der Waals surface area contributed by atoms with Crippen LogP contribution in [0.1, 0.15) is 10.4 Å². The van der Waals surface area contributed by atoms with E-state index in [1.165, 1.54) is 12.1 Å². The maximum absolute atomic E-state index is 12.9. The van der Waals surface area contributed by atoms with Crippen LogP contribution in [0.5, 0.6) is 5.75 Å². The first-order chi connectivity index (χ1) is 9.65. The summed E-state index contributed by atoms with van der Waals surface area (Å²) in [7, 11) is 0. The van der Waals surface area contributed by atoms with Gasteiger partial charge in [-0.3, -0.25) is 9.69 Å². The molecule has 0 unspecified atom stereocenters. The SMILES string of the molecule is O=C(c1ccc(F)cc1O)N1CCN(C2CNC2)CC1. The quantitative estimate of drug-likeness (QED) is 0.815. The lowest BCUT2D eigenvalue weighted by Crippen LogP contribution is -2.62. The van der Waals surface area contributed by atoms with E-state index in [0.717, 1.165) is 32.2 Å². The van der Waals surface area contributed by atoms with Crippen molar-refractivity contribution in [2.24, 2.45) is 0 Å². The maximum Gasteiger partial charge on any atom is 0.257 e. The van der Waals surface area contributed by atoms with Gasteiger partial charge < -0.3 is 15.3 Å². The van der Waals surface area contributed by atoms with Crippen molar-refractivity contribution in [2.75, 3.05) is 39.3 Å². The third-order valence-corrected chi connectivity index (χ3v) is 4.07. The molecule has 2 N–H and O–H groups in total. The second-order valence-electron chi connectivity index (χ2n) is 5.30. The van der Waals surface area contributed by atoms with Crippen molar-refractivity contribution in [1.82, 2.24) is 15.1 Å². The predicted octanol–water partition coefficient (Wildman–Crippen LogP) is 0.261. The molecule has 2 fully saturated rings. The average molecular weight is 279 g/mol. The Kier molecular flexibility index (Phi) is 3.58. The number of benzene rings is 1. The number of hydrogen-bond acceptors (Lipinski definition) is 4. The molecule has 0 spiro atoms. The summed E-state index contributed by atoms with van der Waals surface area (Å²) < 4.78 is 12.9. The second-order valence-corrected chi connectivity index (χ2v) is 5.30. The van der Waals surface area contributed by atoms with Crippen LogP contribution in [0.4, 0.5) is 4.39 Å². The minimum atomic E-state index is -0.540. The minimum Gasteiger partial charge on any atom is -0.507 e. The summed E-state index contributed by atoms with van der Waals surface area (Å²) in [6, 6.07) is 4.11. The molecule has 2 aliphatic rings. The van der Waals surface area contributed by atoms with Crippen molar-refractivity contribution >= 4 is 5.91 Å². The summed E-state index contributed by atoms with van der Waals surface area (Å²) in [4.78, 5) is 16.4. The molecule has 0 aromatic heterocycles. The number of nitrogens with zero attached hydrogens (tertiary/aromatic N) is 2. The lowest BCUT2D eigenvalue weighted by molar-refractivity contribution is 0.0499. The van der Waals surface area contributed by atoms with Gasteiger partial charge in [0.15, 0.2) is 0 Å². The zero-order chi connectivity index (χ0) is 14.1. The topological polar surface area (TPSA) is 55.8 Å². The number of rotatable bonds is 2. The Morgan fingerprint density at radius 3 is 2.50 bits per heavy atom. The zero-order valence-electron chi connectivity index (χ0n) is 11.2. The van der Waals surface area contributed by atoms with Gasteiger partial charge in [-0.15, -0.1) is 0 Å². The van der Waals surface area contributed by atoms with E-state index in [1.54, 1.807) is 4.90 Å². The Balaban J connectivity index is 1.63. The van der Waals surface area contributed by atoms with Gasteiger partial charge in [0, 0.05) is 51.4 Å². The van der Waals surface area contributed by atoms with E-state index in [4.69, 9.17) is 0 Å². The molecule has 108 valence electrons. The smallest absolute Gasteiger partial charge is 0.257 e. The van der Waals surface area contributed by atoms with Crippen LogP contribution >= 0.6 is 0 Å². The number of halogens is 1. The summed E-state index contributed by atoms with van der Waals surface area (Å²) >= 11 is 0. The zero-order valence-corrected chi connectivity index (χ0v) is 11.2. The van der Waals surface area contributed by atoms with E-state index < -0.39 is 5.82 Å². The first-order valence-electron chi connectivity index (χ1n) is 6.88. The van der Waals surface area contributed by atoms with Crippen molar-refractivity contribution in [3.8, 4) is 5.75 Å². The molecule has 2 heterocycles. The highest BCUT2D eigenvalue weighted by Crippen LogP contribution is 2.21. The molecule has 1 aromatic rings. The molecule has 0 bridgehead atoms. The Labute approximate surface area is 117 Å². The third kappa shape index (κ3) is 2.48. The highest BCUT2D eigenvalue weighted by molar-refractivity contribution is 5.96. The molecule has 0 atom stereocenters. The van der Waals surface area contributed by atoms with Crippen molar-refractivity contribution in [3.05, 3.63) is 29.6 Å². The van der Waals surface area contributed by atoms with Crippen molar-refractivity contribution in [1.29, 1.82) is 0 Å². The molecule has 1 aromatic carbocycles. The average Bonchev–Trinajstić information content (AvgIpc) is 2.37. The predicted molar refractivity (Wildman–Crippen MR) is 72.2 cm³/mol. The summed E-state index contributed by atoms with van der Waals surface area (Å²) in [5, 5.41) is 12.9. The number of phenols is 1. The number of hydrogen-bond donors (Lipinski definition) is 2. The summed E-state index contributed by atoms with van der Waals surface area (Å²) in [5.74, 6) is -1.06. The van der Waals surface area contributed by atoms with Crippen molar-refractivity contribution < 1.29 is 14.3 Å². The van der Waals surface area contributed by atoms with E-state index in [9.17, 15) is 14.3 Å². The fourth-order valence-corrected chi connectivity index (χ4v) is 2.68. The van der Waals surface area contributed by atoms with Gasteiger partial charge >= 0.3 is 0 Å². The highest BCUT2D eigenvalue weighted by Gasteiger charge is 2.30. The number of carbonyl (C=O) groups excluding carboxylic acids is 1. The van der Waals surface area contributed by atoms with Gasteiger partial charge in [0.05, 0.1) is 5.56 Å². The van der Waals surface area contributed by atoms with Gasteiger partial charge in [0.2, 0.25) is 0 Å². The standard InChI is InChI=1S/C14H18FN3O2/c15-10-1-2-12(13(19)7-10)14(20)18-5-3-17(4-6-18)11-8-16-9-11/h1-2,7,11,16,19H,3-6,8-9H2. The van der Waals surface area contributed by atoms with E-state index in [2.05, 4.69) is 10.2 Å². The Morgan fingerprint density at radius 2 is 1.95 bits per heavy atom. The monoisotopic (exact) mass is 279 g/mol. The van der Waals surface area contributed by atoms with Gasteiger partial charge in [0.25, 0.3) is 5.91 Å². The molecule has 0 aliphatic carbocycles. The molecule has 3 rings (SSSR count). The molecule has 1 amide bonds. The number of phenolic OH excluding ortho intramolecular Hbond substituents is 1. The third-order valence-electron chi connectivity index (χ3n) is 4.07. The number of nitrogens with one attached hydrogen (secondary N) is 1. The maximum atomic E-state index is 12.9. The minimum absolute atomic E-state index is 0.171. The van der Waals surface area contributed by atoms with Crippen LogP contribution in [-0.2, 0) is 0 Å². The summed E-state index contributed by atoms with van der Waals surface area (Å²) in [6.07, 6.45) is 0. The van der Waals surface area contributed by atoms with Gasteiger partial charge in [0.1, 0.15) is 11.6 Å². The molecule has 2 aliphatic heterocycles. The first-order valence-corrected chi connectivity index (χ1v) is 6.88. The highest BCUT2D eigenvalue weighted by atomic mass is 19.1. The normalized spacial score (nSPS) is 20.8. The van der Waals surface area contributed by atoms with Crippen LogP contribution in [0, 0.1) is 5.82 Å². The number of piperazine rings is 1. The summed E-state index contributed by atoms with van der Waals surface area (Å²) in [6.45, 7) is 5.03. The van der Waals surface area contributed by atoms with Crippen LogP contribution < -0.4 is 5.32 Å². The van der Waals surface area contributed by atoms with Gasteiger partial charge in [-0.05, 0) is 12.1 Å². The largest absolute Gasteiger partial charge is 0.507 e. The van der Waals surface area contributed by atoms with Gasteiger partial charge in [-0.1, -0.05) is 0 Å². The first kappa shape index (κ1) is 13.3. The van der Waals surface area contributed by atoms with Crippen LogP contribution in [0.25, 0.3) is 0 Å². The molecule has 0 saturated carbocycles. The fraction of sp³-hybridized carbons (Fsp3) is 0.500. The van der Waals surface area contributed by atoms with E-state index in [0.29, 0.717) is 19.1 Å². The molecular weight excluding hydrogens is 261 g/mol. The Morgan fingerprint density at radius 1 is 1.25 bits per heavy atom. The molecule has 0 radical (unpaired) electrons. The van der Waals surface area contributed by atoms with Crippen molar-refractivity contribution in [3.63, 3.8) is 0 Å². The molecule has 6 heteroatoms. The number of carbonyl (C=O) groups is 1. The van der Waals surface area contributed by atoms with E-state index >= 15 is 0 Å². The van der Waals surface area contributed by atoms with E-state index in [1.807, 2.05) is 0 Å². The Hall–Kier alpha value is -1.66. The van der Waals surface area contributed by atoms with Gasteiger partial charge in [-0.2, -0.15) is 0 Å². The summed E-state index contributed by atoms with van der Waals surface area (Å²) in [5.41, 5.74) is 0.171. The van der Waals surface area contributed by atoms with Crippen LogP contribution in [0.3, 0.4) is 0 Å². The molecule has 20 heavy (non-hydrogen) atoms. The fourth-order valence-electron chi connectivity index (χ4n) is 2.68. The molecule has 5 nitrogen and oxygen atoms in total. The van der Waals surface area contributed by atoms with Crippen molar-refractivity contribution in [2.45, 2.75) is 6.04 Å². The van der Waals surface area contributed by atoms with Gasteiger partial charge in [-0.25, -0.2) is 4.39 Å². The lowest BCUT2D eigenvalue weighted by atomic mass is 10.1. The lowest BCUT2D eigenvalue weighted by Gasteiger charge is -2.43.